The van der Waals surface area contributed by atoms with Gasteiger partial charge in [-0.1, -0.05) is 17.7 Å². The van der Waals surface area contributed by atoms with E-state index in [1.165, 1.54) is 32.3 Å². The second-order valence-electron chi connectivity index (χ2n) is 8.85. The number of amides is 1. The quantitative estimate of drug-likeness (QED) is 0.237. The molecular weight excluding hydrogens is 538 g/mol. The number of methoxy groups -OCH3 is 3. The van der Waals surface area contributed by atoms with Crippen molar-refractivity contribution in [3.05, 3.63) is 88.3 Å². The highest BCUT2D eigenvalue weighted by Gasteiger charge is 2.45. The van der Waals surface area contributed by atoms with Gasteiger partial charge < -0.3 is 28.5 Å². The molecule has 0 fully saturated rings. The summed E-state index contributed by atoms with van der Waals surface area (Å²) in [6, 6.07) is 15.5. The molecule has 0 aliphatic carbocycles. The smallest absolute Gasteiger partial charge is 0.294 e. The first-order valence-corrected chi connectivity index (χ1v) is 12.7. The minimum atomic E-state index is -1.02. The van der Waals surface area contributed by atoms with Crippen molar-refractivity contribution in [2.45, 2.75) is 13.0 Å². The second-order valence-corrected chi connectivity index (χ2v) is 9.28. The molecule has 1 aliphatic rings. The molecular formula is C30H26ClNO8. The van der Waals surface area contributed by atoms with Crippen LogP contribution in [0.1, 0.15) is 29.1 Å². The average molecular weight is 564 g/mol. The van der Waals surface area contributed by atoms with E-state index in [2.05, 4.69) is 0 Å². The maximum Gasteiger partial charge on any atom is 0.294 e. The van der Waals surface area contributed by atoms with Gasteiger partial charge in [0, 0.05) is 22.2 Å². The summed E-state index contributed by atoms with van der Waals surface area (Å²) in [5, 5.41) is 12.1. The third kappa shape index (κ3) is 4.58. The zero-order valence-electron chi connectivity index (χ0n) is 22.2. The van der Waals surface area contributed by atoms with Gasteiger partial charge >= 0.3 is 0 Å². The minimum absolute atomic E-state index is 0.0936. The lowest BCUT2D eigenvalue weighted by Crippen LogP contribution is -2.31. The van der Waals surface area contributed by atoms with Crippen LogP contribution in [0.5, 0.6) is 23.0 Å². The highest BCUT2D eigenvalue weighted by molar-refractivity contribution is 6.31. The van der Waals surface area contributed by atoms with E-state index >= 15 is 0 Å². The maximum absolute atomic E-state index is 14.0. The van der Waals surface area contributed by atoms with Gasteiger partial charge in [0.2, 0.25) is 5.78 Å². The van der Waals surface area contributed by atoms with Crippen LogP contribution in [-0.2, 0) is 4.79 Å². The summed E-state index contributed by atoms with van der Waals surface area (Å²) in [5.74, 6) is -0.393. The van der Waals surface area contributed by atoms with Gasteiger partial charge in [0.05, 0.1) is 39.6 Å². The van der Waals surface area contributed by atoms with E-state index in [0.717, 1.165) is 0 Å². The van der Waals surface area contributed by atoms with E-state index in [-0.39, 0.29) is 11.3 Å². The van der Waals surface area contributed by atoms with E-state index in [1.807, 2.05) is 6.92 Å². The number of hydrogen-bond donors (Lipinski definition) is 1. The predicted molar refractivity (Wildman–Crippen MR) is 149 cm³/mol. The molecule has 2 heterocycles. The Morgan fingerprint density at radius 3 is 2.30 bits per heavy atom. The average Bonchev–Trinajstić information content (AvgIpc) is 3.51. The minimum Gasteiger partial charge on any atom is -0.503 e. The summed E-state index contributed by atoms with van der Waals surface area (Å²) in [5.41, 5.74) is 1.10. The van der Waals surface area contributed by atoms with Crippen LogP contribution in [0.3, 0.4) is 0 Å². The van der Waals surface area contributed by atoms with Crippen LogP contribution in [0.2, 0.25) is 5.02 Å². The summed E-state index contributed by atoms with van der Waals surface area (Å²) in [6.45, 7) is 2.34. The van der Waals surface area contributed by atoms with Gasteiger partial charge in [-0.25, -0.2) is 0 Å². The Balaban J connectivity index is 1.66. The molecule has 4 aromatic rings. The topological polar surface area (TPSA) is 108 Å². The van der Waals surface area contributed by atoms with E-state index in [4.69, 9.17) is 35.0 Å². The monoisotopic (exact) mass is 563 g/mol. The summed E-state index contributed by atoms with van der Waals surface area (Å²) >= 11 is 6.20. The normalized spacial score (nSPS) is 15.1. The van der Waals surface area contributed by atoms with Crippen molar-refractivity contribution < 1.29 is 38.1 Å². The van der Waals surface area contributed by atoms with Gasteiger partial charge in [-0.05, 0) is 61.0 Å². The Morgan fingerprint density at radius 2 is 1.65 bits per heavy atom. The lowest BCUT2D eigenvalue weighted by atomic mass is 9.94. The molecule has 0 spiro atoms. The fraction of sp³-hybridized carbons (Fsp3) is 0.200. The zero-order valence-corrected chi connectivity index (χ0v) is 22.9. The van der Waals surface area contributed by atoms with Gasteiger partial charge in [-0.3, -0.25) is 14.5 Å². The predicted octanol–water partition coefficient (Wildman–Crippen LogP) is 6.29. The van der Waals surface area contributed by atoms with E-state index in [9.17, 15) is 14.7 Å². The molecule has 1 amide bonds. The second kappa shape index (κ2) is 10.9. The van der Waals surface area contributed by atoms with Gasteiger partial charge in [-0.2, -0.15) is 0 Å². The Bertz CT molecular complexity index is 1640. The first-order chi connectivity index (χ1) is 19.3. The maximum atomic E-state index is 14.0. The highest BCUT2D eigenvalue weighted by Crippen LogP contribution is 2.45. The summed E-state index contributed by atoms with van der Waals surface area (Å²) in [7, 11) is 4.45. The fourth-order valence-electron chi connectivity index (χ4n) is 4.79. The lowest BCUT2D eigenvalue weighted by Gasteiger charge is -2.27. The molecule has 1 unspecified atom stereocenters. The Morgan fingerprint density at radius 1 is 0.950 bits per heavy atom. The molecule has 10 heteroatoms. The number of carbonyl (C=O) groups excluding carboxylic acids is 2. The van der Waals surface area contributed by atoms with Crippen molar-refractivity contribution in [3.8, 4) is 23.0 Å². The van der Waals surface area contributed by atoms with Crippen LogP contribution in [0, 0.1) is 0 Å². The number of fused-ring (bicyclic) bond motifs is 1. The van der Waals surface area contributed by atoms with Gasteiger partial charge in [-0.15, -0.1) is 0 Å². The van der Waals surface area contributed by atoms with Gasteiger partial charge in [0.25, 0.3) is 5.91 Å². The van der Waals surface area contributed by atoms with Crippen LogP contribution in [0.15, 0.2) is 76.4 Å². The number of carbonyl (C=O) groups is 2. The number of nitrogens with zero attached hydrogens (tertiary/aromatic N) is 1. The summed E-state index contributed by atoms with van der Waals surface area (Å²) in [4.78, 5) is 28.9. The molecule has 206 valence electrons. The van der Waals surface area contributed by atoms with E-state index in [0.29, 0.717) is 56.8 Å². The van der Waals surface area contributed by atoms with Crippen molar-refractivity contribution in [1.29, 1.82) is 0 Å². The Labute approximate surface area is 235 Å². The van der Waals surface area contributed by atoms with Crippen molar-refractivity contribution in [3.63, 3.8) is 0 Å². The highest BCUT2D eigenvalue weighted by atomic mass is 35.5. The van der Waals surface area contributed by atoms with Crippen LogP contribution in [0.25, 0.3) is 11.0 Å². The number of aliphatic hydroxyl groups excluding tert-OH is 1. The number of furan rings is 1. The number of benzene rings is 3. The third-order valence-electron chi connectivity index (χ3n) is 6.59. The SMILES string of the molecule is CCOc1ccc(N2C(=O)C(O)=C(C(=O)c3cc4cc(Cl)cc(OC)c4o3)C2c2ccc(OC)c(OC)c2)cc1. The number of aliphatic hydroxyl groups is 1. The number of anilines is 1. The number of ketones is 1. The Hall–Kier alpha value is -4.63. The molecule has 0 bridgehead atoms. The molecule has 1 aliphatic heterocycles. The molecule has 0 radical (unpaired) electrons. The molecule has 3 aromatic carbocycles. The zero-order chi connectivity index (χ0) is 28.6. The molecule has 5 rings (SSSR count). The third-order valence-corrected chi connectivity index (χ3v) is 6.81. The summed E-state index contributed by atoms with van der Waals surface area (Å²) in [6.07, 6.45) is 0. The van der Waals surface area contributed by atoms with Crippen molar-refractivity contribution in [2.75, 3.05) is 32.8 Å². The molecule has 9 nitrogen and oxygen atoms in total. The van der Waals surface area contributed by atoms with Gasteiger partial charge in [0.15, 0.2) is 34.4 Å². The van der Waals surface area contributed by atoms with Crippen LogP contribution >= 0.6 is 11.6 Å². The first kappa shape index (κ1) is 27.0. The Kier molecular flexibility index (Phi) is 7.32. The number of ether oxygens (including phenoxy) is 4. The molecule has 1 N–H and O–H groups in total. The largest absolute Gasteiger partial charge is 0.503 e. The molecule has 0 saturated carbocycles. The standard InChI is InChI=1S/C30H26ClNO8/c1-5-39-20-9-7-19(8-10-20)32-26(16-6-11-21(36-2)22(13-16)37-3)25(28(34)30(32)35)27(33)23-14-17-12-18(31)15-24(38-4)29(17)40-23/h6-15,26,34H,5H2,1-4H3. The van der Waals surface area contributed by atoms with Crippen LogP contribution in [-0.4, -0.2) is 44.7 Å². The number of Topliss-reactive ketones (excluding diaryl/α,β-unsaturated/α-hetero) is 1. The molecule has 1 atom stereocenters. The van der Waals surface area contributed by atoms with Crippen LogP contribution < -0.4 is 23.8 Å². The fourth-order valence-corrected chi connectivity index (χ4v) is 5.01. The van der Waals surface area contributed by atoms with Crippen molar-refractivity contribution in [1.82, 2.24) is 0 Å². The summed E-state index contributed by atoms with van der Waals surface area (Å²) < 4.78 is 27.6. The van der Waals surface area contributed by atoms with Crippen LogP contribution in [0.4, 0.5) is 5.69 Å². The van der Waals surface area contributed by atoms with E-state index in [1.54, 1.807) is 54.6 Å². The number of hydrogen-bond acceptors (Lipinski definition) is 8. The van der Waals surface area contributed by atoms with Crippen molar-refractivity contribution in [2.24, 2.45) is 0 Å². The molecule has 1 aromatic heterocycles. The number of halogens is 1. The number of rotatable bonds is 9. The molecule has 0 saturated heterocycles. The lowest BCUT2D eigenvalue weighted by molar-refractivity contribution is -0.117. The van der Waals surface area contributed by atoms with E-state index < -0.39 is 23.5 Å². The molecule has 40 heavy (non-hydrogen) atoms. The first-order valence-electron chi connectivity index (χ1n) is 12.3. The van der Waals surface area contributed by atoms with Crippen molar-refractivity contribution >= 4 is 39.9 Å². The van der Waals surface area contributed by atoms with Gasteiger partial charge in [0.1, 0.15) is 5.75 Å².